The van der Waals surface area contributed by atoms with Gasteiger partial charge >= 0.3 is 0 Å². The van der Waals surface area contributed by atoms with Crippen LogP contribution in [0.5, 0.6) is 0 Å². The largest absolute Gasteiger partial charge is 0.353 e. The Balaban J connectivity index is 2.04. The van der Waals surface area contributed by atoms with Gasteiger partial charge in [0.1, 0.15) is 5.82 Å². The van der Waals surface area contributed by atoms with Crippen LogP contribution < -0.4 is 4.90 Å². The van der Waals surface area contributed by atoms with E-state index in [1.807, 2.05) is 24.4 Å². The highest BCUT2D eigenvalue weighted by atomic mass is 15.2. The number of aromatic nitrogens is 1. The molecule has 0 spiro atoms. The van der Waals surface area contributed by atoms with Crippen LogP contribution in [0.4, 0.5) is 5.82 Å². The van der Waals surface area contributed by atoms with E-state index in [1.165, 1.54) is 0 Å². The van der Waals surface area contributed by atoms with Crippen molar-refractivity contribution in [3.63, 3.8) is 0 Å². The van der Waals surface area contributed by atoms with Crippen LogP contribution in [0.2, 0.25) is 0 Å². The Morgan fingerprint density at radius 2 is 2.11 bits per heavy atom. The molecule has 1 aromatic heterocycles. The van der Waals surface area contributed by atoms with E-state index in [2.05, 4.69) is 34.2 Å². The van der Waals surface area contributed by atoms with E-state index >= 15 is 0 Å². The molecule has 3 nitrogen and oxygen atoms in total. The average Bonchev–Trinajstić information content (AvgIpc) is 2.47. The van der Waals surface area contributed by atoms with Crippen LogP contribution in [-0.4, -0.2) is 18.1 Å². The molecular formula is C15H13N3. The molecule has 0 aliphatic carbocycles. The van der Waals surface area contributed by atoms with Gasteiger partial charge in [-0.1, -0.05) is 18.2 Å². The van der Waals surface area contributed by atoms with Crippen LogP contribution >= 0.6 is 0 Å². The molecule has 0 bridgehead atoms. The molecule has 88 valence electrons. The number of hydrogen-bond donors (Lipinski definition) is 0. The normalized spacial score (nSPS) is 14.7. The zero-order valence-corrected chi connectivity index (χ0v) is 10.0. The van der Waals surface area contributed by atoms with Gasteiger partial charge < -0.3 is 4.90 Å². The summed E-state index contributed by atoms with van der Waals surface area (Å²) >= 11 is 0. The Morgan fingerprint density at radius 3 is 2.89 bits per heavy atom. The zero-order valence-electron chi connectivity index (χ0n) is 10.0. The van der Waals surface area contributed by atoms with Crippen molar-refractivity contribution in [2.24, 2.45) is 0 Å². The summed E-state index contributed by atoms with van der Waals surface area (Å²) in [6.07, 6.45) is 7.31. The Labute approximate surface area is 106 Å². The standard InChI is InChI=1S/C15H13N3/c16-10-12-4-5-13-11-17-15(9-14(13)8-12)18-6-2-1-3-7-18/h1-2,4-5,8-9,11H,3,6-7H2. The van der Waals surface area contributed by atoms with Crippen LogP contribution in [-0.2, 0) is 0 Å². The fourth-order valence-corrected chi connectivity index (χ4v) is 2.22. The maximum Gasteiger partial charge on any atom is 0.129 e. The summed E-state index contributed by atoms with van der Waals surface area (Å²) in [6, 6.07) is 9.93. The first-order valence-electron chi connectivity index (χ1n) is 6.07. The molecule has 0 saturated heterocycles. The van der Waals surface area contributed by atoms with E-state index < -0.39 is 0 Å². The van der Waals surface area contributed by atoms with Gasteiger partial charge in [-0.2, -0.15) is 5.26 Å². The van der Waals surface area contributed by atoms with Crippen molar-refractivity contribution in [3.05, 3.63) is 48.2 Å². The van der Waals surface area contributed by atoms with Gasteiger partial charge in [0.25, 0.3) is 0 Å². The van der Waals surface area contributed by atoms with E-state index in [0.717, 1.165) is 36.1 Å². The summed E-state index contributed by atoms with van der Waals surface area (Å²) in [5.41, 5.74) is 0.693. The summed E-state index contributed by atoms with van der Waals surface area (Å²) in [5.74, 6) is 0.988. The van der Waals surface area contributed by atoms with Gasteiger partial charge in [0.15, 0.2) is 0 Å². The molecule has 0 saturated carbocycles. The smallest absolute Gasteiger partial charge is 0.129 e. The number of pyridine rings is 1. The van der Waals surface area contributed by atoms with Crippen molar-refractivity contribution in [1.29, 1.82) is 5.26 Å². The van der Waals surface area contributed by atoms with E-state index in [4.69, 9.17) is 5.26 Å². The molecule has 0 radical (unpaired) electrons. The first-order valence-corrected chi connectivity index (χ1v) is 6.07. The van der Waals surface area contributed by atoms with Crippen LogP contribution in [0.3, 0.4) is 0 Å². The molecule has 2 heterocycles. The molecule has 18 heavy (non-hydrogen) atoms. The number of anilines is 1. The third-order valence-electron chi connectivity index (χ3n) is 3.22. The molecule has 0 atom stereocenters. The van der Waals surface area contributed by atoms with Gasteiger partial charge in [-0.05, 0) is 30.0 Å². The topological polar surface area (TPSA) is 39.9 Å². The summed E-state index contributed by atoms with van der Waals surface area (Å²) in [5, 5.41) is 11.1. The SMILES string of the molecule is N#Cc1ccc2cnc(N3CC=CCC3)cc2c1. The third kappa shape index (κ3) is 1.93. The highest BCUT2D eigenvalue weighted by Crippen LogP contribution is 2.21. The monoisotopic (exact) mass is 235 g/mol. The van der Waals surface area contributed by atoms with Crippen molar-refractivity contribution < 1.29 is 0 Å². The Kier molecular flexibility index (Phi) is 2.70. The summed E-state index contributed by atoms with van der Waals surface area (Å²) in [6.45, 7) is 1.92. The maximum atomic E-state index is 8.93. The second-order valence-electron chi connectivity index (χ2n) is 4.42. The Hall–Kier alpha value is -2.34. The minimum absolute atomic E-state index is 0.693. The lowest BCUT2D eigenvalue weighted by atomic mass is 10.1. The van der Waals surface area contributed by atoms with Crippen LogP contribution in [0.25, 0.3) is 10.8 Å². The van der Waals surface area contributed by atoms with Gasteiger partial charge in [0.05, 0.1) is 11.6 Å². The molecule has 0 unspecified atom stereocenters. The van der Waals surface area contributed by atoms with Crippen molar-refractivity contribution in [2.45, 2.75) is 6.42 Å². The van der Waals surface area contributed by atoms with Crippen molar-refractivity contribution in [3.8, 4) is 6.07 Å². The van der Waals surface area contributed by atoms with E-state index in [-0.39, 0.29) is 0 Å². The molecule has 0 fully saturated rings. The number of nitriles is 1. The van der Waals surface area contributed by atoms with E-state index in [9.17, 15) is 0 Å². The quantitative estimate of drug-likeness (QED) is 0.713. The number of rotatable bonds is 1. The number of fused-ring (bicyclic) bond motifs is 1. The van der Waals surface area contributed by atoms with Crippen molar-refractivity contribution in [2.75, 3.05) is 18.0 Å². The minimum atomic E-state index is 0.693. The Bertz CT molecular complexity index is 652. The number of benzene rings is 1. The lowest BCUT2D eigenvalue weighted by Gasteiger charge is -2.24. The average molecular weight is 235 g/mol. The summed E-state index contributed by atoms with van der Waals surface area (Å²) in [4.78, 5) is 6.74. The molecule has 1 aliphatic rings. The number of hydrogen-bond acceptors (Lipinski definition) is 3. The van der Waals surface area contributed by atoms with Gasteiger partial charge in [-0.15, -0.1) is 0 Å². The number of nitrogens with zero attached hydrogens (tertiary/aromatic N) is 3. The van der Waals surface area contributed by atoms with Crippen LogP contribution in [0.15, 0.2) is 42.6 Å². The maximum absolute atomic E-state index is 8.93. The van der Waals surface area contributed by atoms with Gasteiger partial charge in [-0.25, -0.2) is 4.98 Å². The van der Waals surface area contributed by atoms with Gasteiger partial charge in [-0.3, -0.25) is 0 Å². The second kappa shape index (κ2) is 4.50. The molecule has 1 aliphatic heterocycles. The van der Waals surface area contributed by atoms with E-state index in [1.54, 1.807) is 0 Å². The fourth-order valence-electron chi connectivity index (χ4n) is 2.22. The predicted octanol–water partition coefficient (Wildman–Crippen LogP) is 2.87. The summed E-state index contributed by atoms with van der Waals surface area (Å²) < 4.78 is 0. The zero-order chi connectivity index (χ0) is 12.4. The van der Waals surface area contributed by atoms with Crippen LogP contribution in [0.1, 0.15) is 12.0 Å². The van der Waals surface area contributed by atoms with Crippen molar-refractivity contribution in [1.82, 2.24) is 4.98 Å². The molecule has 3 rings (SSSR count). The van der Waals surface area contributed by atoms with Crippen molar-refractivity contribution >= 4 is 16.6 Å². The van der Waals surface area contributed by atoms with E-state index in [0.29, 0.717) is 5.56 Å². The molecule has 2 aromatic rings. The van der Waals surface area contributed by atoms with Gasteiger partial charge in [0, 0.05) is 24.7 Å². The lowest BCUT2D eigenvalue weighted by Crippen LogP contribution is -2.27. The lowest BCUT2D eigenvalue weighted by molar-refractivity contribution is 0.807. The summed E-state index contributed by atoms with van der Waals surface area (Å²) in [7, 11) is 0. The second-order valence-corrected chi connectivity index (χ2v) is 4.42. The fraction of sp³-hybridized carbons (Fsp3) is 0.200. The first kappa shape index (κ1) is 10.8. The third-order valence-corrected chi connectivity index (χ3v) is 3.22. The molecular weight excluding hydrogens is 222 g/mol. The predicted molar refractivity (Wildman–Crippen MR) is 72.4 cm³/mol. The van der Waals surface area contributed by atoms with Gasteiger partial charge in [0.2, 0.25) is 0 Å². The first-order chi connectivity index (χ1) is 8.86. The Morgan fingerprint density at radius 1 is 1.17 bits per heavy atom. The highest BCUT2D eigenvalue weighted by Gasteiger charge is 2.09. The molecule has 0 N–H and O–H groups in total. The van der Waals surface area contributed by atoms with Crippen LogP contribution in [0, 0.1) is 11.3 Å². The molecule has 0 amide bonds. The molecule has 3 heteroatoms. The molecule has 1 aromatic carbocycles. The minimum Gasteiger partial charge on any atom is -0.353 e. The highest BCUT2D eigenvalue weighted by molar-refractivity contribution is 5.85.